The summed E-state index contributed by atoms with van der Waals surface area (Å²) < 4.78 is 0. The van der Waals surface area contributed by atoms with Gasteiger partial charge in [0.2, 0.25) is 0 Å². The monoisotopic (exact) mass is 171 g/mol. The smallest absolute Gasteiger partial charge is 0.191 e. The van der Waals surface area contributed by atoms with Gasteiger partial charge in [-0.2, -0.15) is 0 Å². The summed E-state index contributed by atoms with van der Waals surface area (Å²) in [5, 5.41) is 15.3. The minimum atomic E-state index is -0.331. The van der Waals surface area contributed by atoms with Crippen LogP contribution in [0.5, 0.6) is 0 Å². The number of nitrogens with one attached hydrogen (secondary N) is 2. The second-order valence-corrected chi connectivity index (χ2v) is 3.22. The van der Waals surface area contributed by atoms with Crippen LogP contribution in [0.25, 0.3) is 0 Å². The van der Waals surface area contributed by atoms with Gasteiger partial charge in [-0.3, -0.25) is 4.99 Å². The van der Waals surface area contributed by atoms with Gasteiger partial charge in [-0.15, -0.1) is 0 Å². The van der Waals surface area contributed by atoms with Crippen molar-refractivity contribution in [3.63, 3.8) is 0 Å². The van der Waals surface area contributed by atoms with Gasteiger partial charge in [-0.25, -0.2) is 0 Å². The molecule has 1 rings (SSSR count). The SMILES string of the molecule is CN=C(NC[C@H](C)O)NC1CC1. The van der Waals surface area contributed by atoms with Crippen molar-refractivity contribution in [2.75, 3.05) is 13.6 Å². The van der Waals surface area contributed by atoms with E-state index in [1.165, 1.54) is 12.8 Å². The highest BCUT2D eigenvalue weighted by molar-refractivity contribution is 5.80. The molecule has 4 heteroatoms. The zero-order chi connectivity index (χ0) is 8.97. The number of rotatable bonds is 3. The van der Waals surface area contributed by atoms with E-state index >= 15 is 0 Å². The lowest BCUT2D eigenvalue weighted by Gasteiger charge is -2.11. The molecule has 0 bridgehead atoms. The second kappa shape index (κ2) is 4.30. The molecular weight excluding hydrogens is 154 g/mol. The van der Waals surface area contributed by atoms with Crippen molar-refractivity contribution in [1.82, 2.24) is 10.6 Å². The third kappa shape index (κ3) is 3.57. The minimum Gasteiger partial charge on any atom is -0.392 e. The van der Waals surface area contributed by atoms with Crippen molar-refractivity contribution in [2.24, 2.45) is 4.99 Å². The van der Waals surface area contributed by atoms with Gasteiger partial charge in [0.25, 0.3) is 0 Å². The van der Waals surface area contributed by atoms with Gasteiger partial charge in [-0.1, -0.05) is 0 Å². The van der Waals surface area contributed by atoms with Crippen LogP contribution in [0.3, 0.4) is 0 Å². The van der Waals surface area contributed by atoms with Gasteiger partial charge in [0.15, 0.2) is 5.96 Å². The van der Waals surface area contributed by atoms with Gasteiger partial charge in [0, 0.05) is 19.6 Å². The maximum atomic E-state index is 9.00. The summed E-state index contributed by atoms with van der Waals surface area (Å²) in [5.74, 6) is 0.790. The van der Waals surface area contributed by atoms with Crippen molar-refractivity contribution in [2.45, 2.75) is 31.9 Å². The Morgan fingerprint density at radius 1 is 1.67 bits per heavy atom. The zero-order valence-corrected chi connectivity index (χ0v) is 7.67. The van der Waals surface area contributed by atoms with Crippen molar-refractivity contribution in [1.29, 1.82) is 0 Å². The number of aliphatic hydroxyl groups is 1. The Labute approximate surface area is 73.1 Å². The zero-order valence-electron chi connectivity index (χ0n) is 7.67. The Hall–Kier alpha value is -0.770. The highest BCUT2D eigenvalue weighted by Gasteiger charge is 2.21. The van der Waals surface area contributed by atoms with E-state index in [2.05, 4.69) is 15.6 Å². The quantitative estimate of drug-likeness (QED) is 0.403. The van der Waals surface area contributed by atoms with Crippen molar-refractivity contribution >= 4 is 5.96 Å². The van der Waals surface area contributed by atoms with Crippen molar-refractivity contribution < 1.29 is 5.11 Å². The third-order valence-corrected chi connectivity index (χ3v) is 1.71. The Kier molecular flexibility index (Phi) is 3.34. The molecule has 0 unspecified atom stereocenters. The molecule has 0 aromatic rings. The largest absolute Gasteiger partial charge is 0.392 e. The topological polar surface area (TPSA) is 56.7 Å². The maximum absolute atomic E-state index is 9.00. The maximum Gasteiger partial charge on any atom is 0.191 e. The van der Waals surface area contributed by atoms with Crippen LogP contribution < -0.4 is 10.6 Å². The molecule has 0 amide bonds. The number of guanidine groups is 1. The molecule has 0 radical (unpaired) electrons. The lowest BCUT2D eigenvalue weighted by atomic mass is 10.4. The van der Waals surface area contributed by atoms with E-state index in [0.29, 0.717) is 12.6 Å². The summed E-state index contributed by atoms with van der Waals surface area (Å²) in [7, 11) is 1.74. The van der Waals surface area contributed by atoms with Crippen molar-refractivity contribution in [3.8, 4) is 0 Å². The lowest BCUT2D eigenvalue weighted by Crippen LogP contribution is -2.41. The Bertz CT molecular complexity index is 164. The van der Waals surface area contributed by atoms with Gasteiger partial charge < -0.3 is 15.7 Å². The van der Waals surface area contributed by atoms with E-state index in [1.54, 1.807) is 14.0 Å². The molecular formula is C8H17N3O. The normalized spacial score (nSPS) is 20.4. The third-order valence-electron chi connectivity index (χ3n) is 1.71. The number of aliphatic imine (C=N–C) groups is 1. The lowest BCUT2D eigenvalue weighted by molar-refractivity contribution is 0.197. The molecule has 1 fully saturated rings. The standard InChI is InChI=1S/C8H17N3O/c1-6(12)5-10-8(9-2)11-7-3-4-7/h6-7,12H,3-5H2,1-2H3,(H2,9,10,11)/t6-/m0/s1. The predicted molar refractivity (Wildman–Crippen MR) is 49.2 cm³/mol. The van der Waals surface area contributed by atoms with Crippen LogP contribution in [-0.2, 0) is 0 Å². The van der Waals surface area contributed by atoms with Crippen molar-refractivity contribution in [3.05, 3.63) is 0 Å². The van der Waals surface area contributed by atoms with Crippen LogP contribution >= 0.6 is 0 Å². The Morgan fingerprint density at radius 2 is 2.33 bits per heavy atom. The molecule has 1 saturated carbocycles. The summed E-state index contributed by atoms with van der Waals surface area (Å²) in [6.45, 7) is 2.30. The summed E-state index contributed by atoms with van der Waals surface area (Å²) in [4.78, 5) is 4.02. The van der Waals surface area contributed by atoms with E-state index in [1.807, 2.05) is 0 Å². The van der Waals surface area contributed by atoms with Crippen LogP contribution in [0.2, 0.25) is 0 Å². The predicted octanol–water partition coefficient (Wildman–Crippen LogP) is -0.305. The number of nitrogens with zero attached hydrogens (tertiary/aromatic N) is 1. The number of hydrogen-bond donors (Lipinski definition) is 3. The first-order valence-corrected chi connectivity index (χ1v) is 4.37. The van der Waals surface area contributed by atoms with E-state index in [9.17, 15) is 0 Å². The first kappa shape index (κ1) is 9.32. The van der Waals surface area contributed by atoms with Gasteiger partial charge in [0.05, 0.1) is 6.10 Å². The molecule has 1 aliphatic carbocycles. The Morgan fingerprint density at radius 3 is 2.75 bits per heavy atom. The molecule has 3 N–H and O–H groups in total. The molecule has 70 valence electrons. The molecule has 4 nitrogen and oxygen atoms in total. The number of hydrogen-bond acceptors (Lipinski definition) is 2. The molecule has 12 heavy (non-hydrogen) atoms. The minimum absolute atomic E-state index is 0.331. The molecule has 0 saturated heterocycles. The molecule has 0 aliphatic heterocycles. The molecule has 0 aromatic heterocycles. The second-order valence-electron chi connectivity index (χ2n) is 3.22. The van der Waals surface area contributed by atoms with Gasteiger partial charge in [-0.05, 0) is 19.8 Å². The van der Waals surface area contributed by atoms with Gasteiger partial charge >= 0.3 is 0 Å². The molecule has 0 spiro atoms. The van der Waals surface area contributed by atoms with Crippen LogP contribution in [-0.4, -0.2) is 36.8 Å². The van der Waals surface area contributed by atoms with Crippen LogP contribution in [0, 0.1) is 0 Å². The Balaban J connectivity index is 2.16. The summed E-state index contributed by atoms with van der Waals surface area (Å²) in [6, 6.07) is 0.602. The van der Waals surface area contributed by atoms with E-state index in [0.717, 1.165) is 5.96 Å². The highest BCUT2D eigenvalue weighted by Crippen LogP contribution is 2.18. The van der Waals surface area contributed by atoms with E-state index in [4.69, 9.17) is 5.11 Å². The molecule has 0 heterocycles. The first-order valence-electron chi connectivity index (χ1n) is 4.37. The van der Waals surface area contributed by atoms with Crippen LogP contribution in [0.1, 0.15) is 19.8 Å². The fourth-order valence-electron chi connectivity index (χ4n) is 0.860. The summed E-state index contributed by atoms with van der Waals surface area (Å²) in [6.07, 6.45) is 2.13. The first-order chi connectivity index (χ1) is 5.72. The van der Waals surface area contributed by atoms with Crippen LogP contribution in [0.4, 0.5) is 0 Å². The summed E-state index contributed by atoms with van der Waals surface area (Å²) >= 11 is 0. The molecule has 1 aliphatic rings. The fourth-order valence-corrected chi connectivity index (χ4v) is 0.860. The van der Waals surface area contributed by atoms with E-state index in [-0.39, 0.29) is 6.10 Å². The fraction of sp³-hybridized carbons (Fsp3) is 0.875. The average Bonchev–Trinajstić information content (AvgIpc) is 2.81. The van der Waals surface area contributed by atoms with E-state index < -0.39 is 0 Å². The molecule has 1 atom stereocenters. The highest BCUT2D eigenvalue weighted by atomic mass is 16.3. The van der Waals surface area contributed by atoms with Crippen LogP contribution in [0.15, 0.2) is 4.99 Å². The molecule has 0 aromatic carbocycles. The average molecular weight is 171 g/mol. The number of aliphatic hydroxyl groups excluding tert-OH is 1. The van der Waals surface area contributed by atoms with Gasteiger partial charge in [0.1, 0.15) is 0 Å². The summed E-state index contributed by atoms with van der Waals surface area (Å²) in [5.41, 5.74) is 0.